The molecule has 3 aromatic carbocycles. The molecule has 0 N–H and O–H groups in total. The van der Waals surface area contributed by atoms with Crippen molar-refractivity contribution >= 4 is 58.3 Å². The Hall–Kier alpha value is -3.41. The van der Waals surface area contributed by atoms with E-state index in [2.05, 4.69) is 0 Å². The van der Waals surface area contributed by atoms with Gasteiger partial charge in [-0.05, 0) is 48.0 Å². The molecule has 2 amide bonds. The molecule has 4 atom stereocenters. The molecule has 0 aromatic heterocycles. The number of anilines is 2. The number of para-hydroxylation sites is 2. The third kappa shape index (κ3) is 2.97. The summed E-state index contributed by atoms with van der Waals surface area (Å²) >= 11 is 12.4. The van der Waals surface area contributed by atoms with Gasteiger partial charge in [0.15, 0.2) is 5.78 Å². The molecule has 7 heteroatoms. The van der Waals surface area contributed by atoms with Crippen molar-refractivity contribution in [2.24, 2.45) is 11.8 Å². The summed E-state index contributed by atoms with van der Waals surface area (Å²) in [6, 6.07) is 19.8. The van der Waals surface area contributed by atoms with E-state index in [9.17, 15) is 14.4 Å². The third-order valence-electron chi connectivity index (χ3n) is 6.91. The highest BCUT2D eigenvalue weighted by atomic mass is 35.5. The molecule has 3 aliphatic heterocycles. The Balaban J connectivity index is 1.51. The molecule has 0 radical (unpaired) electrons. The number of carbonyl (C=O) groups excluding carboxylic acids is 3. The minimum atomic E-state index is -0.841. The fourth-order valence-corrected chi connectivity index (χ4v) is 5.82. The molecule has 6 rings (SSSR count). The van der Waals surface area contributed by atoms with Crippen LogP contribution in [0.4, 0.5) is 11.4 Å². The Morgan fingerprint density at radius 2 is 1.41 bits per heavy atom. The number of nitrogens with zero attached hydrogens (tertiary/aromatic N) is 2. The van der Waals surface area contributed by atoms with E-state index < -0.39 is 29.8 Å². The van der Waals surface area contributed by atoms with Gasteiger partial charge in [-0.25, -0.2) is 4.90 Å². The molecular formula is C27H18Cl2N2O3. The first kappa shape index (κ1) is 21.1. The summed E-state index contributed by atoms with van der Waals surface area (Å²) in [6.45, 7) is 0. The van der Waals surface area contributed by atoms with E-state index in [1.807, 2.05) is 41.3 Å². The Morgan fingerprint density at radius 3 is 2.15 bits per heavy atom. The second-order valence-corrected chi connectivity index (χ2v) is 9.49. The van der Waals surface area contributed by atoms with Crippen LogP contribution in [-0.4, -0.2) is 29.7 Å². The van der Waals surface area contributed by atoms with Crippen LogP contribution >= 0.6 is 23.2 Å². The van der Waals surface area contributed by atoms with Crippen LogP contribution in [0.1, 0.15) is 15.9 Å². The summed E-state index contributed by atoms with van der Waals surface area (Å²) in [5.41, 5.74) is 2.56. The van der Waals surface area contributed by atoms with Gasteiger partial charge in [-0.2, -0.15) is 0 Å². The van der Waals surface area contributed by atoms with Crippen LogP contribution in [0.2, 0.25) is 10.0 Å². The highest BCUT2D eigenvalue weighted by molar-refractivity contribution is 6.36. The summed E-state index contributed by atoms with van der Waals surface area (Å²) in [6.07, 6.45) is 3.88. The van der Waals surface area contributed by atoms with Crippen LogP contribution in [0.25, 0.3) is 6.08 Å². The average Bonchev–Trinajstić information content (AvgIpc) is 3.32. The Morgan fingerprint density at radius 1 is 0.765 bits per heavy atom. The van der Waals surface area contributed by atoms with E-state index in [1.54, 1.807) is 48.5 Å². The van der Waals surface area contributed by atoms with Crippen LogP contribution in [0.5, 0.6) is 0 Å². The second-order valence-electron chi connectivity index (χ2n) is 8.65. The van der Waals surface area contributed by atoms with Crippen molar-refractivity contribution < 1.29 is 14.4 Å². The smallest absolute Gasteiger partial charge is 0.240 e. The molecule has 0 aliphatic carbocycles. The number of hydrogen-bond acceptors (Lipinski definition) is 4. The average molecular weight is 489 g/mol. The number of ketones is 1. The molecule has 2 fully saturated rings. The van der Waals surface area contributed by atoms with Gasteiger partial charge >= 0.3 is 0 Å². The van der Waals surface area contributed by atoms with E-state index in [1.165, 1.54) is 0 Å². The lowest BCUT2D eigenvalue weighted by molar-refractivity contribution is -0.122. The molecule has 34 heavy (non-hydrogen) atoms. The standard InChI is InChI=1S/C27H18Cl2N2O3/c28-17-12-9-16(10-13-17)25(32)24-23-22(21-14-11-15-5-1-3-7-19(15)30(21)24)26(33)31(27(23)34)20-8-4-2-6-18(20)29/h1-14,21-24H/t21-,22-,23-,24+/m1/s1. The molecule has 0 spiro atoms. The van der Waals surface area contributed by atoms with Crippen molar-refractivity contribution in [3.8, 4) is 0 Å². The topological polar surface area (TPSA) is 57.7 Å². The minimum absolute atomic E-state index is 0.221. The molecule has 3 heterocycles. The van der Waals surface area contributed by atoms with E-state index in [4.69, 9.17) is 23.2 Å². The summed E-state index contributed by atoms with van der Waals surface area (Å²) in [4.78, 5) is 44.6. The number of benzene rings is 3. The van der Waals surface area contributed by atoms with Gasteiger partial charge in [0.2, 0.25) is 11.8 Å². The molecule has 0 saturated carbocycles. The molecule has 168 valence electrons. The number of hydrogen-bond donors (Lipinski definition) is 0. The highest BCUT2D eigenvalue weighted by Crippen LogP contribution is 2.50. The number of halogens is 2. The predicted octanol–water partition coefficient (Wildman–Crippen LogP) is 5.27. The van der Waals surface area contributed by atoms with Crippen LogP contribution < -0.4 is 9.80 Å². The maximum Gasteiger partial charge on any atom is 0.240 e. The number of amides is 2. The SMILES string of the molecule is O=C(c1ccc(Cl)cc1)[C@@H]1[C@@H]2C(=O)N(c3ccccc3Cl)C(=O)[C@@H]2[C@H]2C=Cc3ccccc3N21. The van der Waals surface area contributed by atoms with Gasteiger partial charge in [-0.1, -0.05) is 65.7 Å². The van der Waals surface area contributed by atoms with Gasteiger partial charge in [-0.3, -0.25) is 14.4 Å². The van der Waals surface area contributed by atoms with Gasteiger partial charge < -0.3 is 4.90 Å². The van der Waals surface area contributed by atoms with Gasteiger partial charge in [0.1, 0.15) is 6.04 Å². The van der Waals surface area contributed by atoms with Crippen molar-refractivity contribution in [3.05, 3.63) is 100 Å². The quantitative estimate of drug-likeness (QED) is 0.372. The molecule has 0 bridgehead atoms. The first-order chi connectivity index (χ1) is 16.5. The van der Waals surface area contributed by atoms with Crippen LogP contribution in [0.3, 0.4) is 0 Å². The Labute approximate surface area is 206 Å². The number of rotatable bonds is 3. The highest BCUT2D eigenvalue weighted by Gasteiger charge is 2.64. The number of carbonyl (C=O) groups is 3. The minimum Gasteiger partial charge on any atom is -0.352 e. The number of imide groups is 1. The molecular weight excluding hydrogens is 471 g/mol. The fourth-order valence-electron chi connectivity index (χ4n) is 5.47. The van der Waals surface area contributed by atoms with Crippen molar-refractivity contribution in [1.82, 2.24) is 0 Å². The summed E-state index contributed by atoms with van der Waals surface area (Å²) in [5, 5.41) is 0.827. The van der Waals surface area contributed by atoms with E-state index >= 15 is 0 Å². The second kappa shape index (κ2) is 7.83. The van der Waals surface area contributed by atoms with Crippen molar-refractivity contribution in [1.29, 1.82) is 0 Å². The lowest BCUT2D eigenvalue weighted by Gasteiger charge is -2.36. The van der Waals surface area contributed by atoms with Crippen LogP contribution in [-0.2, 0) is 9.59 Å². The monoisotopic (exact) mass is 488 g/mol. The largest absolute Gasteiger partial charge is 0.352 e. The van der Waals surface area contributed by atoms with Crippen LogP contribution in [0.15, 0.2) is 78.9 Å². The van der Waals surface area contributed by atoms with E-state index in [-0.39, 0.29) is 11.7 Å². The number of Topliss-reactive ketones (excluding diaryl/α,β-unsaturated/α-hetero) is 1. The Kier molecular flexibility index (Phi) is 4.87. The zero-order valence-corrected chi connectivity index (χ0v) is 19.3. The number of fused-ring (bicyclic) bond motifs is 5. The first-order valence-corrected chi connectivity index (χ1v) is 11.7. The van der Waals surface area contributed by atoms with Gasteiger partial charge in [0, 0.05) is 16.3 Å². The maximum atomic E-state index is 13.9. The van der Waals surface area contributed by atoms with Gasteiger partial charge in [-0.15, -0.1) is 0 Å². The Bertz CT molecular complexity index is 1380. The van der Waals surface area contributed by atoms with E-state index in [0.717, 1.165) is 16.2 Å². The van der Waals surface area contributed by atoms with Crippen molar-refractivity contribution in [2.75, 3.05) is 9.80 Å². The zero-order valence-electron chi connectivity index (χ0n) is 17.8. The van der Waals surface area contributed by atoms with Crippen LogP contribution in [0, 0.1) is 11.8 Å². The van der Waals surface area contributed by atoms with Crippen molar-refractivity contribution in [2.45, 2.75) is 12.1 Å². The predicted molar refractivity (Wildman–Crippen MR) is 132 cm³/mol. The summed E-state index contributed by atoms with van der Waals surface area (Å²) in [5.74, 6) is -2.51. The summed E-state index contributed by atoms with van der Waals surface area (Å²) < 4.78 is 0. The lowest BCUT2D eigenvalue weighted by atomic mass is 9.86. The first-order valence-electron chi connectivity index (χ1n) is 10.9. The van der Waals surface area contributed by atoms with Crippen molar-refractivity contribution in [3.63, 3.8) is 0 Å². The molecule has 0 unspecified atom stereocenters. The zero-order chi connectivity index (χ0) is 23.6. The molecule has 3 aliphatic rings. The van der Waals surface area contributed by atoms with Gasteiger partial charge in [0.25, 0.3) is 0 Å². The summed E-state index contributed by atoms with van der Waals surface area (Å²) in [7, 11) is 0. The normalized spacial score (nSPS) is 24.8. The fraction of sp³-hybridized carbons (Fsp3) is 0.148. The third-order valence-corrected chi connectivity index (χ3v) is 7.48. The maximum absolute atomic E-state index is 13.9. The van der Waals surface area contributed by atoms with E-state index in [0.29, 0.717) is 21.3 Å². The molecule has 5 nitrogen and oxygen atoms in total. The van der Waals surface area contributed by atoms with Gasteiger partial charge in [0.05, 0.1) is 28.6 Å². The molecule has 3 aromatic rings. The lowest BCUT2D eigenvalue weighted by Crippen LogP contribution is -2.48. The molecule has 2 saturated heterocycles.